The molecule has 0 saturated carbocycles. The van der Waals surface area contributed by atoms with Crippen LogP contribution in [0.5, 0.6) is 5.88 Å². The Morgan fingerprint density at radius 3 is 2.79 bits per heavy atom. The summed E-state index contributed by atoms with van der Waals surface area (Å²) in [6, 6.07) is 6.35. The molecule has 1 aromatic carbocycles. The van der Waals surface area contributed by atoms with Crippen molar-refractivity contribution >= 4 is 33.5 Å². The average Bonchev–Trinajstić information content (AvgIpc) is 2.65. The highest BCUT2D eigenvalue weighted by molar-refractivity contribution is 9.10. The Balaban J connectivity index is 1.85. The lowest BCUT2D eigenvalue weighted by atomic mass is 9.88. The Bertz CT molecular complexity index is 910. The van der Waals surface area contributed by atoms with Gasteiger partial charge in [0.25, 0.3) is 6.43 Å². The van der Waals surface area contributed by atoms with Crippen LogP contribution in [0.15, 0.2) is 46.0 Å². The molecule has 11 heteroatoms. The van der Waals surface area contributed by atoms with Gasteiger partial charge in [-0.25, -0.2) is 22.9 Å². The van der Waals surface area contributed by atoms with Gasteiger partial charge >= 0.3 is 6.09 Å². The van der Waals surface area contributed by atoms with E-state index in [1.54, 1.807) is 6.07 Å². The molecule has 1 unspecified atom stereocenters. The zero-order valence-corrected chi connectivity index (χ0v) is 15.8. The normalized spacial score (nSPS) is 19.2. The maximum atomic E-state index is 14.4. The van der Waals surface area contributed by atoms with Gasteiger partial charge in [0.15, 0.2) is 5.54 Å². The fourth-order valence-corrected chi connectivity index (χ4v) is 2.95. The van der Waals surface area contributed by atoms with Crippen molar-refractivity contribution in [3.05, 3.63) is 52.4 Å². The van der Waals surface area contributed by atoms with E-state index in [4.69, 9.17) is 10.5 Å². The maximum absolute atomic E-state index is 14.4. The number of hydrogen-bond donors (Lipinski definition) is 3. The van der Waals surface area contributed by atoms with E-state index in [-0.39, 0.29) is 30.5 Å². The molecule has 0 spiro atoms. The van der Waals surface area contributed by atoms with Crippen molar-refractivity contribution in [2.45, 2.75) is 12.0 Å². The van der Waals surface area contributed by atoms with Crippen molar-refractivity contribution in [2.75, 3.05) is 18.4 Å². The molecule has 0 fully saturated rings. The van der Waals surface area contributed by atoms with E-state index < -0.39 is 29.4 Å². The summed E-state index contributed by atoms with van der Waals surface area (Å²) in [5, 5.41) is 5.06. The third-order valence-electron chi connectivity index (χ3n) is 3.98. The lowest BCUT2D eigenvalue weighted by molar-refractivity contribution is 0.0491. The fourth-order valence-electron chi connectivity index (χ4n) is 2.71. The van der Waals surface area contributed by atoms with Gasteiger partial charge < -0.3 is 15.8 Å². The van der Waals surface area contributed by atoms with Gasteiger partial charge in [-0.05, 0) is 40.2 Å². The number of ether oxygens (including phenoxy) is 1. The van der Waals surface area contributed by atoms with Crippen LogP contribution in [0, 0.1) is 5.82 Å². The predicted molar refractivity (Wildman–Crippen MR) is 100 cm³/mol. The number of hydrogen-bond acceptors (Lipinski definition) is 6. The first-order chi connectivity index (χ1) is 13.3. The van der Waals surface area contributed by atoms with Crippen LogP contribution >= 0.6 is 15.9 Å². The number of carbonyl (C=O) groups excluding carboxylic acids is 1. The molecule has 2 heterocycles. The number of amidine groups is 1. The highest BCUT2D eigenvalue weighted by atomic mass is 79.9. The molecule has 2 aromatic rings. The van der Waals surface area contributed by atoms with Crippen molar-refractivity contribution in [2.24, 2.45) is 10.7 Å². The summed E-state index contributed by atoms with van der Waals surface area (Å²) in [4.78, 5) is 19.7. The molecule has 1 aliphatic heterocycles. The minimum atomic E-state index is -3.03. The maximum Gasteiger partial charge on any atom is 0.418 e. The highest BCUT2D eigenvalue weighted by Gasteiger charge is 2.45. The van der Waals surface area contributed by atoms with Gasteiger partial charge in [0.05, 0.1) is 6.54 Å². The molecule has 0 radical (unpaired) electrons. The topological polar surface area (TPSA) is 102 Å². The van der Waals surface area contributed by atoms with Crippen LogP contribution in [0.2, 0.25) is 0 Å². The van der Waals surface area contributed by atoms with E-state index in [0.29, 0.717) is 4.47 Å². The Morgan fingerprint density at radius 2 is 2.14 bits per heavy atom. The van der Waals surface area contributed by atoms with E-state index in [2.05, 4.69) is 36.5 Å². The first-order valence-electron chi connectivity index (χ1n) is 8.03. The van der Waals surface area contributed by atoms with Crippen LogP contribution < -0.4 is 21.1 Å². The molecule has 148 valence electrons. The van der Waals surface area contributed by atoms with Crippen LogP contribution in [0.1, 0.15) is 5.56 Å². The second kappa shape index (κ2) is 8.15. The molecule has 1 aromatic heterocycles. The summed E-state index contributed by atoms with van der Waals surface area (Å²) in [6.45, 7) is -0.181. The zero-order chi connectivity index (χ0) is 20.3. The quantitative estimate of drug-likeness (QED) is 0.654. The Morgan fingerprint density at radius 1 is 1.36 bits per heavy atom. The average molecular weight is 458 g/mol. The Hall–Kier alpha value is -2.66. The first-order valence-corrected chi connectivity index (χ1v) is 8.83. The molecule has 7 nitrogen and oxygen atoms in total. The molecular weight excluding hydrogens is 443 g/mol. The number of amides is 1. The van der Waals surface area contributed by atoms with Crippen LogP contribution in [-0.4, -0.2) is 36.4 Å². The summed E-state index contributed by atoms with van der Waals surface area (Å²) in [6.07, 6.45) is -2.51. The van der Waals surface area contributed by atoms with Gasteiger partial charge in [-0.2, -0.15) is 0 Å². The summed E-state index contributed by atoms with van der Waals surface area (Å²) >= 11 is 3.20. The zero-order valence-electron chi connectivity index (χ0n) is 14.3. The predicted octanol–water partition coefficient (Wildman–Crippen LogP) is 3.01. The molecule has 1 amide bonds. The molecule has 1 atom stereocenters. The molecular formula is C17H15BrF3N5O2. The molecule has 1 aliphatic rings. The van der Waals surface area contributed by atoms with E-state index in [1.807, 2.05) is 0 Å². The number of nitrogens with zero attached hydrogens (tertiary/aromatic N) is 2. The number of aliphatic imine (C=N–C) groups is 1. The summed E-state index contributed by atoms with van der Waals surface area (Å²) in [5.74, 6) is -0.931. The second-order valence-corrected chi connectivity index (χ2v) is 6.87. The number of benzene rings is 1. The summed E-state index contributed by atoms with van der Waals surface area (Å²) < 4.78 is 47.7. The smallest absolute Gasteiger partial charge is 0.391 e. The van der Waals surface area contributed by atoms with E-state index in [1.165, 1.54) is 18.3 Å². The molecule has 0 saturated heterocycles. The van der Waals surface area contributed by atoms with Crippen LogP contribution in [0.4, 0.5) is 23.7 Å². The van der Waals surface area contributed by atoms with Crippen LogP contribution in [-0.2, 0) is 5.54 Å². The van der Waals surface area contributed by atoms with Crippen molar-refractivity contribution in [3.63, 3.8) is 0 Å². The first kappa shape index (κ1) is 20.1. The minimum absolute atomic E-state index is 0.0286. The Labute approximate surface area is 166 Å². The van der Waals surface area contributed by atoms with E-state index in [0.717, 1.165) is 12.1 Å². The minimum Gasteiger partial charge on any atom is -0.391 e. The van der Waals surface area contributed by atoms with Gasteiger partial charge in [0.1, 0.15) is 11.7 Å². The van der Waals surface area contributed by atoms with E-state index >= 15 is 0 Å². The lowest BCUT2D eigenvalue weighted by Crippen LogP contribution is -2.51. The lowest BCUT2D eigenvalue weighted by Gasteiger charge is -2.34. The number of anilines is 1. The molecule has 28 heavy (non-hydrogen) atoms. The molecule has 0 bridgehead atoms. The second-order valence-electron chi connectivity index (χ2n) is 5.96. The van der Waals surface area contributed by atoms with Crippen LogP contribution in [0.25, 0.3) is 0 Å². The number of rotatable bonds is 4. The largest absolute Gasteiger partial charge is 0.418 e. The van der Waals surface area contributed by atoms with Crippen LogP contribution in [0.3, 0.4) is 0 Å². The van der Waals surface area contributed by atoms with Crippen molar-refractivity contribution in [1.82, 2.24) is 10.3 Å². The van der Waals surface area contributed by atoms with Crippen molar-refractivity contribution < 1.29 is 22.7 Å². The van der Waals surface area contributed by atoms with Crippen molar-refractivity contribution in [3.8, 4) is 5.88 Å². The van der Waals surface area contributed by atoms with E-state index in [9.17, 15) is 18.0 Å². The van der Waals surface area contributed by atoms with Crippen molar-refractivity contribution in [1.29, 1.82) is 0 Å². The fraction of sp³-hybridized carbons (Fsp3) is 0.235. The number of aromatic nitrogens is 1. The highest BCUT2D eigenvalue weighted by Crippen LogP contribution is 2.36. The number of carbonyl (C=O) groups is 1. The molecule has 4 N–H and O–H groups in total. The summed E-state index contributed by atoms with van der Waals surface area (Å²) in [7, 11) is 0. The molecule has 0 aliphatic carbocycles. The molecule has 3 rings (SSSR count). The third kappa shape index (κ3) is 4.25. The monoisotopic (exact) mass is 457 g/mol. The number of nitrogens with two attached hydrogens (primary N) is 1. The van der Waals surface area contributed by atoms with Gasteiger partial charge in [-0.3, -0.25) is 10.3 Å². The SMILES string of the molecule is NC1=NC(c2cc(NC(=O)Oc3ccc(Br)cn3)ccc2F)(C(F)F)CNC1. The number of pyridine rings is 1. The van der Waals surface area contributed by atoms with Gasteiger partial charge in [0.2, 0.25) is 5.88 Å². The number of halogens is 4. The number of alkyl halides is 2. The summed E-state index contributed by atoms with van der Waals surface area (Å²) in [5.41, 5.74) is 3.05. The third-order valence-corrected chi connectivity index (χ3v) is 4.45. The van der Waals surface area contributed by atoms with Gasteiger partial charge in [0, 0.05) is 34.5 Å². The van der Waals surface area contributed by atoms with Gasteiger partial charge in [-0.1, -0.05) is 0 Å². The van der Waals surface area contributed by atoms with Gasteiger partial charge in [-0.15, -0.1) is 0 Å². The standard InChI is InChI=1S/C17H15BrF3N5O2/c18-9-1-4-14(24-6-9)28-16(27)25-10-2-3-12(19)11(5-10)17(15(20)21)8-23-7-13(22)26-17/h1-6,15,23H,7-8H2,(H2,22,26)(H,25,27). The number of nitrogens with one attached hydrogen (secondary N) is 2. The Kier molecular flexibility index (Phi) is 5.84.